The highest BCUT2D eigenvalue weighted by atomic mass is 35.5. The van der Waals surface area contributed by atoms with E-state index in [1.165, 1.54) is 0 Å². The maximum atomic E-state index is 12.7. The number of hydrogen-bond acceptors (Lipinski definition) is 3. The Morgan fingerprint density at radius 2 is 1.96 bits per heavy atom. The first-order valence-corrected chi connectivity index (χ1v) is 9.06. The molecule has 27 heavy (non-hydrogen) atoms. The van der Waals surface area contributed by atoms with Gasteiger partial charge in [-0.25, -0.2) is 9.48 Å². The van der Waals surface area contributed by atoms with Crippen molar-refractivity contribution in [3.05, 3.63) is 69.6 Å². The molecular weight excluding hydrogens is 385 g/mol. The molecule has 3 aromatic rings. The van der Waals surface area contributed by atoms with Crippen molar-refractivity contribution in [1.82, 2.24) is 19.7 Å². The molecule has 2 amide bonds. The van der Waals surface area contributed by atoms with E-state index >= 15 is 0 Å². The van der Waals surface area contributed by atoms with Crippen LogP contribution in [0.25, 0.3) is 5.69 Å². The Labute approximate surface area is 167 Å². The lowest BCUT2D eigenvalue weighted by atomic mass is 10.2. The first-order valence-electron chi connectivity index (χ1n) is 8.30. The van der Waals surface area contributed by atoms with E-state index in [1.807, 2.05) is 32.0 Å². The minimum absolute atomic E-state index is 0.259. The van der Waals surface area contributed by atoms with Crippen LogP contribution < -0.4 is 5.32 Å². The van der Waals surface area contributed by atoms with Crippen LogP contribution in [0.1, 0.15) is 17.0 Å². The Hall–Kier alpha value is -2.57. The van der Waals surface area contributed by atoms with Crippen LogP contribution in [0.4, 0.5) is 10.6 Å². The number of hydrogen-bond donors (Lipinski definition) is 1. The number of aromatic nitrogens is 3. The lowest BCUT2D eigenvalue weighted by molar-refractivity contribution is 0.220. The number of carbonyl (C=O) groups excluding carboxylic acids is 1. The van der Waals surface area contributed by atoms with E-state index in [1.54, 1.807) is 41.0 Å². The van der Waals surface area contributed by atoms with E-state index in [0.717, 1.165) is 17.0 Å². The topological polar surface area (TPSA) is 63.1 Å². The van der Waals surface area contributed by atoms with Crippen LogP contribution in [-0.2, 0) is 6.54 Å². The van der Waals surface area contributed by atoms with Gasteiger partial charge in [0.15, 0.2) is 0 Å². The molecule has 1 aromatic carbocycles. The molecule has 0 aliphatic rings. The summed E-state index contributed by atoms with van der Waals surface area (Å²) < 4.78 is 1.65. The lowest BCUT2D eigenvalue weighted by Crippen LogP contribution is -2.32. The van der Waals surface area contributed by atoms with E-state index in [2.05, 4.69) is 15.4 Å². The molecular formula is C19H19Cl2N5O. The average molecular weight is 404 g/mol. The molecule has 8 heteroatoms. The van der Waals surface area contributed by atoms with E-state index in [0.29, 0.717) is 28.1 Å². The SMILES string of the molecule is Cc1nn(-c2ccc(Cl)c(Cl)c2)c(NC(=O)N(C)Cc2ccccn2)c1C. The lowest BCUT2D eigenvalue weighted by Gasteiger charge is -2.18. The number of halogens is 2. The summed E-state index contributed by atoms with van der Waals surface area (Å²) in [7, 11) is 1.71. The van der Waals surface area contributed by atoms with Crippen molar-refractivity contribution in [1.29, 1.82) is 0 Å². The van der Waals surface area contributed by atoms with Gasteiger partial charge < -0.3 is 4.90 Å². The first kappa shape index (κ1) is 19.2. The fourth-order valence-corrected chi connectivity index (χ4v) is 2.85. The van der Waals surface area contributed by atoms with Crippen molar-refractivity contribution in [3.63, 3.8) is 0 Å². The van der Waals surface area contributed by atoms with Gasteiger partial charge in [0, 0.05) is 18.8 Å². The highest BCUT2D eigenvalue weighted by Gasteiger charge is 2.18. The molecule has 6 nitrogen and oxygen atoms in total. The zero-order valence-corrected chi connectivity index (χ0v) is 16.7. The normalized spacial score (nSPS) is 10.7. The molecule has 140 valence electrons. The summed E-state index contributed by atoms with van der Waals surface area (Å²) >= 11 is 12.1. The van der Waals surface area contributed by atoms with Gasteiger partial charge in [-0.05, 0) is 44.2 Å². The molecule has 0 fully saturated rings. The highest BCUT2D eigenvalue weighted by Crippen LogP contribution is 2.28. The number of carbonyl (C=O) groups is 1. The number of pyridine rings is 1. The minimum Gasteiger partial charge on any atom is -0.322 e. The van der Waals surface area contributed by atoms with Gasteiger partial charge in [-0.2, -0.15) is 5.10 Å². The summed E-state index contributed by atoms with van der Waals surface area (Å²) in [6.45, 7) is 4.19. The fraction of sp³-hybridized carbons (Fsp3) is 0.211. The molecule has 0 atom stereocenters. The number of urea groups is 1. The molecule has 2 aromatic heterocycles. The zero-order chi connectivity index (χ0) is 19.6. The van der Waals surface area contributed by atoms with Gasteiger partial charge in [-0.15, -0.1) is 0 Å². The van der Waals surface area contributed by atoms with Crippen molar-refractivity contribution in [2.75, 3.05) is 12.4 Å². The second-order valence-electron chi connectivity index (χ2n) is 6.18. The van der Waals surface area contributed by atoms with Crippen LogP contribution in [0.2, 0.25) is 10.0 Å². The minimum atomic E-state index is -0.259. The average Bonchev–Trinajstić information content (AvgIpc) is 2.93. The van der Waals surface area contributed by atoms with Gasteiger partial charge in [0.2, 0.25) is 0 Å². The molecule has 0 spiro atoms. The molecule has 0 aliphatic carbocycles. The Balaban J connectivity index is 1.86. The molecule has 0 unspecified atom stereocenters. The number of benzene rings is 1. The number of nitrogens with zero attached hydrogens (tertiary/aromatic N) is 4. The Bertz CT molecular complexity index is 972. The van der Waals surface area contributed by atoms with Crippen LogP contribution >= 0.6 is 23.2 Å². The smallest absolute Gasteiger partial charge is 0.322 e. The largest absolute Gasteiger partial charge is 0.323 e. The van der Waals surface area contributed by atoms with E-state index < -0.39 is 0 Å². The Kier molecular flexibility index (Phi) is 5.68. The molecule has 0 saturated carbocycles. The summed E-state index contributed by atoms with van der Waals surface area (Å²) in [4.78, 5) is 18.5. The number of nitrogens with one attached hydrogen (secondary N) is 1. The molecule has 0 saturated heterocycles. The summed E-state index contributed by atoms with van der Waals surface area (Å²) in [6.07, 6.45) is 1.70. The van der Waals surface area contributed by atoms with Crippen molar-refractivity contribution < 1.29 is 4.79 Å². The monoisotopic (exact) mass is 403 g/mol. The third kappa shape index (κ3) is 4.23. The molecule has 0 radical (unpaired) electrons. The van der Waals surface area contributed by atoms with Gasteiger partial charge in [0.25, 0.3) is 0 Å². The zero-order valence-electron chi connectivity index (χ0n) is 15.2. The summed E-state index contributed by atoms with van der Waals surface area (Å²) in [5.41, 5.74) is 3.20. The molecule has 0 bridgehead atoms. The number of amides is 2. The van der Waals surface area contributed by atoms with Crippen molar-refractivity contribution in [2.24, 2.45) is 0 Å². The molecule has 0 aliphatic heterocycles. The maximum Gasteiger partial charge on any atom is 0.323 e. The first-order chi connectivity index (χ1) is 12.9. The van der Waals surface area contributed by atoms with Crippen LogP contribution in [0.3, 0.4) is 0 Å². The van der Waals surface area contributed by atoms with Crippen LogP contribution in [0.15, 0.2) is 42.6 Å². The van der Waals surface area contributed by atoms with Crippen LogP contribution in [-0.4, -0.2) is 32.7 Å². The second kappa shape index (κ2) is 7.98. The highest BCUT2D eigenvalue weighted by molar-refractivity contribution is 6.42. The van der Waals surface area contributed by atoms with Gasteiger partial charge >= 0.3 is 6.03 Å². The van der Waals surface area contributed by atoms with Crippen LogP contribution in [0, 0.1) is 13.8 Å². The Morgan fingerprint density at radius 1 is 1.19 bits per heavy atom. The molecule has 2 heterocycles. The summed E-state index contributed by atoms with van der Waals surface area (Å²) in [5.74, 6) is 0.587. The number of anilines is 1. The summed E-state index contributed by atoms with van der Waals surface area (Å²) in [6, 6.07) is 10.6. The summed E-state index contributed by atoms with van der Waals surface area (Å²) in [5, 5.41) is 8.33. The fourth-order valence-electron chi connectivity index (χ4n) is 2.56. The predicted molar refractivity (Wildman–Crippen MR) is 108 cm³/mol. The van der Waals surface area contributed by atoms with Gasteiger partial charge in [0.1, 0.15) is 5.82 Å². The van der Waals surface area contributed by atoms with Crippen molar-refractivity contribution in [3.8, 4) is 5.69 Å². The number of aryl methyl sites for hydroxylation is 1. The van der Waals surface area contributed by atoms with Gasteiger partial charge in [-0.1, -0.05) is 29.3 Å². The van der Waals surface area contributed by atoms with E-state index in [4.69, 9.17) is 23.2 Å². The Morgan fingerprint density at radius 3 is 2.63 bits per heavy atom. The van der Waals surface area contributed by atoms with E-state index in [-0.39, 0.29) is 6.03 Å². The van der Waals surface area contributed by atoms with Gasteiger partial charge in [0.05, 0.1) is 33.7 Å². The van der Waals surface area contributed by atoms with E-state index in [9.17, 15) is 4.79 Å². The standard InChI is InChI=1S/C19H19Cl2N5O/c1-12-13(2)24-26(15-7-8-16(20)17(21)10-15)18(12)23-19(27)25(3)11-14-6-4-5-9-22-14/h4-10H,11H2,1-3H3,(H,23,27). The third-order valence-electron chi connectivity index (χ3n) is 4.20. The van der Waals surface area contributed by atoms with Crippen molar-refractivity contribution >= 4 is 35.1 Å². The second-order valence-corrected chi connectivity index (χ2v) is 6.99. The number of rotatable bonds is 4. The molecule has 3 rings (SSSR count). The predicted octanol–water partition coefficient (Wildman–Crippen LogP) is 4.85. The maximum absolute atomic E-state index is 12.7. The van der Waals surface area contributed by atoms with Crippen LogP contribution in [0.5, 0.6) is 0 Å². The quantitative estimate of drug-likeness (QED) is 0.676. The van der Waals surface area contributed by atoms with Crippen molar-refractivity contribution in [2.45, 2.75) is 20.4 Å². The molecule has 1 N–H and O–H groups in total. The third-order valence-corrected chi connectivity index (χ3v) is 4.94. The van der Waals surface area contributed by atoms with Gasteiger partial charge in [-0.3, -0.25) is 10.3 Å².